The van der Waals surface area contributed by atoms with Crippen LogP contribution in [0, 0.1) is 0 Å². The van der Waals surface area contributed by atoms with Gasteiger partial charge in [-0.1, -0.05) is 81.4 Å². The third-order valence-electron chi connectivity index (χ3n) is 6.81. The fourth-order valence-corrected chi connectivity index (χ4v) is 4.65. The van der Waals surface area contributed by atoms with Gasteiger partial charge in [0, 0.05) is 22.7 Å². The lowest BCUT2D eigenvalue weighted by Gasteiger charge is -2.26. The van der Waals surface area contributed by atoms with Crippen LogP contribution in [0.4, 0.5) is 4.79 Å². The molecule has 7 nitrogen and oxygen atoms in total. The number of ether oxygens (including phenoxy) is 1. The van der Waals surface area contributed by atoms with E-state index in [1.807, 2.05) is 77.5 Å². The number of barbiturate groups is 1. The van der Waals surface area contributed by atoms with E-state index in [0.717, 1.165) is 27.1 Å². The van der Waals surface area contributed by atoms with Crippen molar-refractivity contribution in [1.29, 1.82) is 0 Å². The fourth-order valence-electron chi connectivity index (χ4n) is 4.65. The number of para-hydroxylation sites is 1. The van der Waals surface area contributed by atoms with Crippen molar-refractivity contribution in [2.24, 2.45) is 0 Å². The van der Waals surface area contributed by atoms with E-state index in [1.54, 1.807) is 6.08 Å². The van der Waals surface area contributed by atoms with Crippen LogP contribution in [0.3, 0.4) is 0 Å². The summed E-state index contributed by atoms with van der Waals surface area (Å²) in [6.45, 7) is 7.63. The van der Waals surface area contributed by atoms with Crippen LogP contribution in [0.15, 0.2) is 90.6 Å². The number of nitrogens with one attached hydrogen (secondary N) is 1. The molecule has 0 bridgehead atoms. The summed E-state index contributed by atoms with van der Waals surface area (Å²) in [5, 5.41) is 3.20. The molecule has 0 unspecified atom stereocenters. The maximum atomic E-state index is 13.3. The SMILES string of the molecule is CC(C)(C)c1ccc(OCCn2cc(C=C3C(=O)NC(=O)N(Cc4ccccc4)C3=O)c3ccccc32)cc1. The van der Waals surface area contributed by atoms with Crippen LogP contribution >= 0.6 is 0 Å². The van der Waals surface area contributed by atoms with E-state index in [4.69, 9.17) is 4.74 Å². The van der Waals surface area contributed by atoms with Crippen molar-refractivity contribution < 1.29 is 19.1 Å². The molecule has 39 heavy (non-hydrogen) atoms. The van der Waals surface area contributed by atoms with Gasteiger partial charge >= 0.3 is 6.03 Å². The van der Waals surface area contributed by atoms with Crippen LogP contribution < -0.4 is 10.1 Å². The molecule has 3 aromatic carbocycles. The molecule has 4 aromatic rings. The predicted octanol–water partition coefficient (Wildman–Crippen LogP) is 5.68. The van der Waals surface area contributed by atoms with Gasteiger partial charge in [0.2, 0.25) is 0 Å². The molecule has 1 aromatic heterocycles. The first-order chi connectivity index (χ1) is 18.7. The third kappa shape index (κ3) is 5.62. The van der Waals surface area contributed by atoms with E-state index < -0.39 is 17.8 Å². The average molecular weight is 522 g/mol. The number of urea groups is 1. The minimum Gasteiger partial charge on any atom is -0.492 e. The van der Waals surface area contributed by atoms with Gasteiger partial charge in [-0.15, -0.1) is 0 Å². The molecule has 0 saturated carbocycles. The Labute approximate surface area is 227 Å². The molecule has 1 fully saturated rings. The zero-order valence-electron chi connectivity index (χ0n) is 22.3. The van der Waals surface area contributed by atoms with Crippen LogP contribution in [0.2, 0.25) is 0 Å². The lowest BCUT2D eigenvalue weighted by atomic mass is 9.87. The highest BCUT2D eigenvalue weighted by atomic mass is 16.5. The van der Waals surface area contributed by atoms with Gasteiger partial charge in [0.1, 0.15) is 17.9 Å². The predicted molar refractivity (Wildman–Crippen MR) is 151 cm³/mol. The highest BCUT2D eigenvalue weighted by Gasteiger charge is 2.35. The smallest absolute Gasteiger partial charge is 0.331 e. The summed E-state index contributed by atoms with van der Waals surface area (Å²) in [7, 11) is 0. The molecule has 2 heterocycles. The lowest BCUT2D eigenvalue weighted by Crippen LogP contribution is -2.53. The molecule has 0 radical (unpaired) electrons. The van der Waals surface area contributed by atoms with Gasteiger partial charge in [0.05, 0.1) is 13.1 Å². The molecule has 5 rings (SSSR count). The van der Waals surface area contributed by atoms with Crippen molar-refractivity contribution in [3.63, 3.8) is 0 Å². The molecule has 1 aliphatic heterocycles. The van der Waals surface area contributed by atoms with Gasteiger partial charge in [0.25, 0.3) is 11.8 Å². The summed E-state index contributed by atoms with van der Waals surface area (Å²) in [5.41, 5.74) is 3.71. The molecule has 198 valence electrons. The molecule has 4 amide bonds. The Bertz CT molecular complexity index is 1560. The zero-order valence-corrected chi connectivity index (χ0v) is 22.3. The monoisotopic (exact) mass is 521 g/mol. The topological polar surface area (TPSA) is 80.6 Å². The largest absolute Gasteiger partial charge is 0.492 e. The number of rotatable bonds is 7. The first kappa shape index (κ1) is 26.0. The number of nitrogens with zero attached hydrogens (tertiary/aromatic N) is 2. The molecule has 1 saturated heterocycles. The minimum atomic E-state index is -0.721. The minimum absolute atomic E-state index is 0.0754. The number of hydrogen-bond acceptors (Lipinski definition) is 4. The number of benzene rings is 3. The van der Waals surface area contributed by atoms with E-state index in [0.29, 0.717) is 18.7 Å². The Kier molecular flexibility index (Phi) is 7.07. The number of aromatic nitrogens is 1. The summed E-state index contributed by atoms with van der Waals surface area (Å²) in [6.07, 6.45) is 3.47. The van der Waals surface area contributed by atoms with E-state index in [-0.39, 0.29) is 17.5 Å². The van der Waals surface area contributed by atoms with Crippen molar-refractivity contribution in [1.82, 2.24) is 14.8 Å². The first-order valence-electron chi connectivity index (χ1n) is 12.9. The van der Waals surface area contributed by atoms with Crippen molar-refractivity contribution in [3.05, 3.63) is 107 Å². The number of fused-ring (bicyclic) bond motifs is 1. The standard InChI is InChI=1S/C32H31N3O4/c1-32(2,3)24-13-15-25(16-14-24)39-18-17-34-21-23(26-11-7-8-12-28(26)34)19-27-29(36)33-31(38)35(30(27)37)20-22-9-5-4-6-10-22/h4-16,19,21H,17-18,20H2,1-3H3,(H,33,36,38). The van der Waals surface area contributed by atoms with Crippen LogP contribution in [0.25, 0.3) is 17.0 Å². The highest BCUT2D eigenvalue weighted by Crippen LogP contribution is 2.27. The van der Waals surface area contributed by atoms with Crippen molar-refractivity contribution >= 4 is 34.8 Å². The number of carbonyl (C=O) groups excluding carboxylic acids is 3. The summed E-state index contributed by atoms with van der Waals surface area (Å²) < 4.78 is 8.05. The second-order valence-corrected chi connectivity index (χ2v) is 10.6. The third-order valence-corrected chi connectivity index (χ3v) is 6.81. The Hall–Kier alpha value is -4.65. The molecule has 1 aliphatic rings. The molecule has 0 spiro atoms. The second-order valence-electron chi connectivity index (χ2n) is 10.6. The Morgan fingerprint density at radius 1 is 0.872 bits per heavy atom. The van der Waals surface area contributed by atoms with Crippen LogP contribution in [-0.2, 0) is 28.1 Å². The van der Waals surface area contributed by atoms with Crippen molar-refractivity contribution in [2.75, 3.05) is 6.61 Å². The van der Waals surface area contributed by atoms with Gasteiger partial charge in [0.15, 0.2) is 0 Å². The van der Waals surface area contributed by atoms with Gasteiger partial charge in [-0.05, 0) is 40.8 Å². The van der Waals surface area contributed by atoms with Gasteiger partial charge < -0.3 is 9.30 Å². The second kappa shape index (κ2) is 10.6. The van der Waals surface area contributed by atoms with E-state index in [9.17, 15) is 14.4 Å². The number of imide groups is 2. The van der Waals surface area contributed by atoms with E-state index in [1.165, 1.54) is 5.56 Å². The zero-order chi connectivity index (χ0) is 27.6. The van der Waals surface area contributed by atoms with E-state index >= 15 is 0 Å². The maximum absolute atomic E-state index is 13.3. The maximum Gasteiger partial charge on any atom is 0.331 e. The van der Waals surface area contributed by atoms with Crippen molar-refractivity contribution in [3.8, 4) is 5.75 Å². The molecular formula is C32H31N3O4. The summed E-state index contributed by atoms with van der Waals surface area (Å²) in [6, 6.07) is 24.4. The number of carbonyl (C=O) groups is 3. The highest BCUT2D eigenvalue weighted by molar-refractivity contribution is 6.31. The van der Waals surface area contributed by atoms with E-state index in [2.05, 4.69) is 38.2 Å². The lowest BCUT2D eigenvalue weighted by molar-refractivity contribution is -0.130. The quantitative estimate of drug-likeness (QED) is 0.251. The molecule has 0 atom stereocenters. The summed E-state index contributed by atoms with van der Waals surface area (Å²) in [5.74, 6) is -0.519. The van der Waals surface area contributed by atoms with Crippen LogP contribution in [0.5, 0.6) is 5.75 Å². The fraction of sp³-hybridized carbons (Fsp3) is 0.219. The normalized spacial score (nSPS) is 15.2. The first-order valence-corrected chi connectivity index (χ1v) is 12.9. The van der Waals surface area contributed by atoms with Crippen LogP contribution in [0.1, 0.15) is 37.5 Å². The number of hydrogen-bond donors (Lipinski definition) is 1. The number of amides is 4. The van der Waals surface area contributed by atoms with Gasteiger partial charge in [-0.25, -0.2) is 4.79 Å². The molecule has 1 N–H and O–H groups in total. The Morgan fingerprint density at radius 3 is 2.28 bits per heavy atom. The summed E-state index contributed by atoms with van der Waals surface area (Å²) in [4.78, 5) is 39.5. The Balaban J connectivity index is 1.36. The van der Waals surface area contributed by atoms with Gasteiger partial charge in [-0.2, -0.15) is 0 Å². The average Bonchev–Trinajstić information content (AvgIpc) is 3.27. The molecule has 7 heteroatoms. The van der Waals surface area contributed by atoms with Gasteiger partial charge in [-0.3, -0.25) is 19.8 Å². The Morgan fingerprint density at radius 2 is 1.56 bits per heavy atom. The summed E-state index contributed by atoms with van der Waals surface area (Å²) >= 11 is 0. The van der Waals surface area contributed by atoms with Crippen molar-refractivity contribution in [2.45, 2.75) is 39.3 Å². The molecule has 0 aliphatic carbocycles. The van der Waals surface area contributed by atoms with Crippen LogP contribution in [-0.4, -0.2) is 33.9 Å². The molecular weight excluding hydrogens is 490 g/mol.